The summed E-state index contributed by atoms with van der Waals surface area (Å²) in [5.41, 5.74) is 1.34. The third-order valence-electron chi connectivity index (χ3n) is 1.35. The van der Waals surface area contributed by atoms with Gasteiger partial charge in [-0.1, -0.05) is 32.4 Å². The minimum Gasteiger partial charge on any atom is -0.122 e. The summed E-state index contributed by atoms with van der Waals surface area (Å²) in [6, 6.07) is 0. The van der Waals surface area contributed by atoms with Gasteiger partial charge in [0, 0.05) is 10.9 Å². The van der Waals surface area contributed by atoms with Crippen LogP contribution in [-0.2, 0) is 0 Å². The van der Waals surface area contributed by atoms with Crippen molar-refractivity contribution >= 4 is 23.2 Å². The van der Waals surface area contributed by atoms with Crippen LogP contribution in [0.4, 0.5) is 0 Å². The fraction of sp³-hybridized carbons (Fsp3) is 0.778. The Labute approximate surface area is 79.6 Å². The molecule has 0 fully saturated rings. The zero-order chi connectivity index (χ0) is 9.07. The standard InChI is InChI=1S/C9H16Cl2/c1-7(6-10)8(11)5-9(2,3)4/h5-6H2,1-4H3/b8-7-. The fourth-order valence-electron chi connectivity index (χ4n) is 0.689. The van der Waals surface area contributed by atoms with E-state index in [2.05, 4.69) is 20.8 Å². The molecule has 0 nitrogen and oxygen atoms in total. The number of hydrogen-bond acceptors (Lipinski definition) is 0. The predicted octanol–water partition coefficient (Wildman–Crippen LogP) is 4.17. The Morgan fingerprint density at radius 2 is 1.73 bits per heavy atom. The molecule has 0 aromatic carbocycles. The molecular weight excluding hydrogens is 179 g/mol. The van der Waals surface area contributed by atoms with E-state index in [9.17, 15) is 0 Å². The molecule has 0 bridgehead atoms. The maximum atomic E-state index is 6.01. The predicted molar refractivity (Wildman–Crippen MR) is 53.3 cm³/mol. The molecule has 0 rings (SSSR count). The lowest BCUT2D eigenvalue weighted by Crippen LogP contribution is -2.05. The minimum absolute atomic E-state index is 0.254. The lowest BCUT2D eigenvalue weighted by molar-refractivity contribution is 0.416. The van der Waals surface area contributed by atoms with Gasteiger partial charge in [0.2, 0.25) is 0 Å². The van der Waals surface area contributed by atoms with Gasteiger partial charge in [-0.05, 0) is 24.3 Å². The Balaban J connectivity index is 4.17. The zero-order valence-electron chi connectivity index (χ0n) is 7.67. The van der Waals surface area contributed by atoms with E-state index in [1.165, 1.54) is 0 Å². The Bertz CT molecular complexity index is 151. The normalized spacial score (nSPS) is 14.7. The van der Waals surface area contributed by atoms with Crippen molar-refractivity contribution in [3.05, 3.63) is 10.6 Å². The second kappa shape index (κ2) is 4.37. The van der Waals surface area contributed by atoms with Gasteiger partial charge < -0.3 is 0 Å². The smallest absolute Gasteiger partial charge is 0.0445 e. The third kappa shape index (κ3) is 5.57. The summed E-state index contributed by atoms with van der Waals surface area (Å²) in [5.74, 6) is 0.537. The summed E-state index contributed by atoms with van der Waals surface area (Å²) in [7, 11) is 0. The van der Waals surface area contributed by atoms with Crippen molar-refractivity contribution in [2.45, 2.75) is 34.1 Å². The summed E-state index contributed by atoms with van der Waals surface area (Å²) >= 11 is 11.6. The molecule has 0 heterocycles. The molecule has 0 aliphatic heterocycles. The van der Waals surface area contributed by atoms with Gasteiger partial charge >= 0.3 is 0 Å². The van der Waals surface area contributed by atoms with E-state index < -0.39 is 0 Å². The van der Waals surface area contributed by atoms with Crippen LogP contribution >= 0.6 is 23.2 Å². The highest BCUT2D eigenvalue weighted by atomic mass is 35.5. The lowest BCUT2D eigenvalue weighted by atomic mass is 9.91. The zero-order valence-corrected chi connectivity index (χ0v) is 9.18. The van der Waals surface area contributed by atoms with Crippen molar-refractivity contribution in [1.82, 2.24) is 0 Å². The Kier molecular flexibility index (Phi) is 4.50. The van der Waals surface area contributed by atoms with Crippen LogP contribution < -0.4 is 0 Å². The summed E-state index contributed by atoms with van der Waals surface area (Å²) in [5, 5.41) is 0.910. The van der Waals surface area contributed by atoms with Crippen molar-refractivity contribution in [3.63, 3.8) is 0 Å². The summed E-state index contributed by atoms with van der Waals surface area (Å²) in [4.78, 5) is 0. The molecule has 0 atom stereocenters. The van der Waals surface area contributed by atoms with Gasteiger partial charge in [-0.25, -0.2) is 0 Å². The quantitative estimate of drug-likeness (QED) is 0.580. The first-order valence-corrected chi connectivity index (χ1v) is 4.68. The average Bonchev–Trinajstić information content (AvgIpc) is 1.82. The van der Waals surface area contributed by atoms with Gasteiger partial charge in [0.1, 0.15) is 0 Å². The molecular formula is C9H16Cl2. The van der Waals surface area contributed by atoms with E-state index in [1.807, 2.05) is 6.92 Å². The monoisotopic (exact) mass is 194 g/mol. The molecule has 0 aromatic heterocycles. The SMILES string of the molecule is C/C(CCl)=C(/Cl)CC(C)(C)C. The minimum atomic E-state index is 0.254. The second-order valence-electron chi connectivity index (χ2n) is 4.06. The van der Waals surface area contributed by atoms with Crippen LogP contribution in [0.3, 0.4) is 0 Å². The van der Waals surface area contributed by atoms with Crippen molar-refractivity contribution in [2.24, 2.45) is 5.41 Å². The van der Waals surface area contributed by atoms with E-state index in [0.29, 0.717) is 5.88 Å². The third-order valence-corrected chi connectivity index (χ3v) is 2.21. The van der Waals surface area contributed by atoms with E-state index in [1.54, 1.807) is 0 Å². The van der Waals surface area contributed by atoms with Gasteiger partial charge in [-0.2, -0.15) is 0 Å². The van der Waals surface area contributed by atoms with Gasteiger partial charge in [-0.15, -0.1) is 11.6 Å². The van der Waals surface area contributed by atoms with Crippen LogP contribution in [0, 0.1) is 5.41 Å². The van der Waals surface area contributed by atoms with Crippen LogP contribution in [0.25, 0.3) is 0 Å². The molecule has 0 saturated heterocycles. The van der Waals surface area contributed by atoms with Crippen LogP contribution in [0.1, 0.15) is 34.1 Å². The van der Waals surface area contributed by atoms with Crippen molar-refractivity contribution in [1.29, 1.82) is 0 Å². The molecule has 2 heteroatoms. The topological polar surface area (TPSA) is 0 Å². The summed E-state index contributed by atoms with van der Waals surface area (Å²) < 4.78 is 0. The highest BCUT2D eigenvalue weighted by Gasteiger charge is 2.12. The molecule has 0 radical (unpaired) electrons. The van der Waals surface area contributed by atoms with Gasteiger partial charge in [0.05, 0.1) is 0 Å². The first-order valence-electron chi connectivity index (χ1n) is 3.77. The first-order chi connectivity index (χ1) is 4.87. The molecule has 0 N–H and O–H groups in total. The maximum Gasteiger partial charge on any atom is 0.0445 e. The van der Waals surface area contributed by atoms with Gasteiger partial charge in [-0.3, -0.25) is 0 Å². The first kappa shape index (κ1) is 11.3. The highest BCUT2D eigenvalue weighted by molar-refractivity contribution is 6.31. The molecule has 0 aliphatic rings. The van der Waals surface area contributed by atoms with E-state index >= 15 is 0 Å². The number of alkyl halides is 1. The van der Waals surface area contributed by atoms with Crippen molar-refractivity contribution in [3.8, 4) is 0 Å². The van der Waals surface area contributed by atoms with Crippen molar-refractivity contribution in [2.75, 3.05) is 5.88 Å². The number of allylic oxidation sites excluding steroid dienone is 2. The van der Waals surface area contributed by atoms with Crippen molar-refractivity contribution < 1.29 is 0 Å². The van der Waals surface area contributed by atoms with E-state index in [4.69, 9.17) is 23.2 Å². The van der Waals surface area contributed by atoms with E-state index in [0.717, 1.165) is 17.0 Å². The van der Waals surface area contributed by atoms with Crippen LogP contribution in [0.5, 0.6) is 0 Å². The summed E-state index contributed by atoms with van der Waals surface area (Å²) in [6.45, 7) is 8.46. The number of hydrogen-bond donors (Lipinski definition) is 0. The number of halogens is 2. The van der Waals surface area contributed by atoms with Gasteiger partial charge in [0.25, 0.3) is 0 Å². The lowest BCUT2D eigenvalue weighted by Gasteiger charge is -2.18. The molecule has 0 aliphatic carbocycles. The Hall–Kier alpha value is 0.320. The van der Waals surface area contributed by atoms with Crippen LogP contribution in [0.2, 0.25) is 0 Å². The van der Waals surface area contributed by atoms with Crippen LogP contribution in [-0.4, -0.2) is 5.88 Å². The number of rotatable bonds is 2. The molecule has 0 unspecified atom stereocenters. The van der Waals surface area contributed by atoms with E-state index in [-0.39, 0.29) is 5.41 Å². The molecule has 0 amide bonds. The molecule has 66 valence electrons. The molecule has 0 spiro atoms. The molecule has 0 saturated carbocycles. The molecule has 0 aromatic rings. The highest BCUT2D eigenvalue weighted by Crippen LogP contribution is 2.28. The Morgan fingerprint density at radius 1 is 1.27 bits per heavy atom. The maximum absolute atomic E-state index is 6.01. The largest absolute Gasteiger partial charge is 0.122 e. The van der Waals surface area contributed by atoms with Crippen LogP contribution in [0.15, 0.2) is 10.6 Å². The second-order valence-corrected chi connectivity index (χ2v) is 4.78. The average molecular weight is 195 g/mol. The fourth-order valence-corrected chi connectivity index (χ4v) is 1.39. The molecule has 11 heavy (non-hydrogen) atoms. The van der Waals surface area contributed by atoms with Gasteiger partial charge in [0.15, 0.2) is 0 Å². The Morgan fingerprint density at radius 3 is 2.00 bits per heavy atom. The summed E-state index contributed by atoms with van der Waals surface area (Å²) in [6.07, 6.45) is 0.910.